The summed E-state index contributed by atoms with van der Waals surface area (Å²) in [5.41, 5.74) is 6.07. The van der Waals surface area contributed by atoms with Crippen molar-refractivity contribution in [2.24, 2.45) is 11.7 Å². The molecule has 0 aromatic heterocycles. The highest BCUT2D eigenvalue weighted by molar-refractivity contribution is 6.32. The molecule has 16 heavy (non-hydrogen) atoms. The Morgan fingerprint density at radius 1 is 1.44 bits per heavy atom. The van der Waals surface area contributed by atoms with E-state index in [1.165, 1.54) is 12.1 Å². The Balaban J connectivity index is 0.00000128. The number of hydrogen-bond donors (Lipinski definition) is 2. The normalized spacial score (nSPS) is 17.4. The summed E-state index contributed by atoms with van der Waals surface area (Å²) < 4.78 is 13.5. The molecule has 1 aliphatic carbocycles. The third-order valence-corrected chi connectivity index (χ3v) is 3.41. The van der Waals surface area contributed by atoms with Gasteiger partial charge in [-0.2, -0.15) is 0 Å². The van der Waals surface area contributed by atoms with Crippen molar-refractivity contribution in [3.05, 3.63) is 28.5 Å². The first-order chi connectivity index (χ1) is 7.11. The third kappa shape index (κ3) is 2.26. The molecule has 2 rings (SSSR count). The average molecular weight is 266 g/mol. The van der Waals surface area contributed by atoms with Gasteiger partial charge in [0.1, 0.15) is 11.6 Å². The van der Waals surface area contributed by atoms with Crippen LogP contribution in [0.5, 0.6) is 5.75 Å². The van der Waals surface area contributed by atoms with Crippen molar-refractivity contribution in [1.82, 2.24) is 0 Å². The molecule has 2 nitrogen and oxygen atoms in total. The highest BCUT2D eigenvalue weighted by atomic mass is 35.5. The minimum absolute atomic E-state index is 0. The standard InChI is InChI=1S/C11H13ClFNO.ClH/c12-7-4-5-8(13)9(11(7)15)10(14)6-2-1-3-6;/h4-6,10,15H,1-3,14H2;1H/t10-;/m0./s1. The van der Waals surface area contributed by atoms with Crippen LogP contribution in [0.1, 0.15) is 30.9 Å². The Morgan fingerprint density at radius 3 is 2.56 bits per heavy atom. The van der Waals surface area contributed by atoms with Gasteiger partial charge in [0.15, 0.2) is 0 Å². The molecule has 0 spiro atoms. The van der Waals surface area contributed by atoms with E-state index in [9.17, 15) is 9.50 Å². The van der Waals surface area contributed by atoms with E-state index in [1.807, 2.05) is 0 Å². The van der Waals surface area contributed by atoms with Gasteiger partial charge in [0.2, 0.25) is 0 Å². The van der Waals surface area contributed by atoms with Gasteiger partial charge in [-0.25, -0.2) is 4.39 Å². The van der Waals surface area contributed by atoms with Crippen LogP contribution in [0.15, 0.2) is 12.1 Å². The lowest BCUT2D eigenvalue weighted by atomic mass is 9.77. The Hall–Kier alpha value is -0.510. The van der Waals surface area contributed by atoms with Gasteiger partial charge < -0.3 is 10.8 Å². The number of phenolic OH excluding ortho intramolecular Hbond substituents is 1. The van der Waals surface area contributed by atoms with Gasteiger partial charge >= 0.3 is 0 Å². The molecule has 3 N–H and O–H groups in total. The molecule has 0 amide bonds. The smallest absolute Gasteiger partial charge is 0.141 e. The minimum Gasteiger partial charge on any atom is -0.506 e. The molecule has 90 valence electrons. The SMILES string of the molecule is Cl.N[C@H](c1c(F)ccc(Cl)c1O)C1CCC1. The number of aromatic hydroxyl groups is 1. The number of benzene rings is 1. The van der Waals surface area contributed by atoms with Crippen LogP contribution in [0.25, 0.3) is 0 Å². The molecule has 0 aliphatic heterocycles. The van der Waals surface area contributed by atoms with Gasteiger partial charge in [0.25, 0.3) is 0 Å². The number of nitrogens with two attached hydrogens (primary N) is 1. The lowest BCUT2D eigenvalue weighted by Crippen LogP contribution is -2.27. The Morgan fingerprint density at radius 2 is 2.06 bits per heavy atom. The van der Waals surface area contributed by atoms with Crippen molar-refractivity contribution in [2.75, 3.05) is 0 Å². The second-order valence-electron chi connectivity index (χ2n) is 4.01. The van der Waals surface area contributed by atoms with Crippen LogP contribution in [0.2, 0.25) is 5.02 Å². The maximum absolute atomic E-state index is 13.5. The maximum atomic E-state index is 13.5. The van der Waals surface area contributed by atoms with Crippen LogP contribution in [-0.4, -0.2) is 5.11 Å². The zero-order chi connectivity index (χ0) is 11.0. The first-order valence-electron chi connectivity index (χ1n) is 5.03. The summed E-state index contributed by atoms with van der Waals surface area (Å²) >= 11 is 5.72. The molecule has 0 heterocycles. The largest absolute Gasteiger partial charge is 0.506 e. The zero-order valence-electron chi connectivity index (χ0n) is 8.62. The van der Waals surface area contributed by atoms with Gasteiger partial charge in [0, 0.05) is 11.6 Å². The summed E-state index contributed by atoms with van der Waals surface area (Å²) in [5, 5.41) is 9.82. The molecule has 5 heteroatoms. The minimum atomic E-state index is -0.476. The fraction of sp³-hybridized carbons (Fsp3) is 0.455. The summed E-state index contributed by atoms with van der Waals surface area (Å²) in [7, 11) is 0. The molecule has 1 aromatic carbocycles. The lowest BCUT2D eigenvalue weighted by molar-refractivity contribution is 0.256. The van der Waals surface area contributed by atoms with Crippen molar-refractivity contribution < 1.29 is 9.50 Å². The molecule has 0 saturated heterocycles. The van der Waals surface area contributed by atoms with E-state index in [4.69, 9.17) is 17.3 Å². The van der Waals surface area contributed by atoms with E-state index < -0.39 is 11.9 Å². The van der Waals surface area contributed by atoms with Crippen LogP contribution < -0.4 is 5.73 Å². The number of rotatable bonds is 2. The highest BCUT2D eigenvalue weighted by Crippen LogP contribution is 2.41. The molecular weight excluding hydrogens is 252 g/mol. The van der Waals surface area contributed by atoms with Crippen molar-refractivity contribution in [1.29, 1.82) is 0 Å². The molecule has 0 unspecified atom stereocenters. The van der Waals surface area contributed by atoms with Gasteiger partial charge in [0.05, 0.1) is 5.02 Å². The maximum Gasteiger partial charge on any atom is 0.141 e. The third-order valence-electron chi connectivity index (χ3n) is 3.11. The molecule has 1 saturated carbocycles. The van der Waals surface area contributed by atoms with Gasteiger partial charge in [-0.05, 0) is 30.9 Å². The topological polar surface area (TPSA) is 46.2 Å². The number of phenols is 1. The Kier molecular flexibility index (Phi) is 4.42. The van der Waals surface area contributed by atoms with Crippen molar-refractivity contribution in [3.63, 3.8) is 0 Å². The number of hydrogen-bond acceptors (Lipinski definition) is 2. The number of halogens is 3. The van der Waals surface area contributed by atoms with E-state index in [0.29, 0.717) is 0 Å². The fourth-order valence-corrected chi connectivity index (χ4v) is 2.07. The molecule has 0 bridgehead atoms. The summed E-state index contributed by atoms with van der Waals surface area (Å²) in [4.78, 5) is 0. The predicted molar refractivity (Wildman–Crippen MR) is 64.6 cm³/mol. The second kappa shape index (κ2) is 5.21. The van der Waals surface area contributed by atoms with Crippen molar-refractivity contribution >= 4 is 24.0 Å². The predicted octanol–water partition coefficient (Wildman–Crippen LogP) is 3.41. The van der Waals surface area contributed by atoms with E-state index >= 15 is 0 Å². The quantitative estimate of drug-likeness (QED) is 0.861. The molecule has 1 fully saturated rings. The van der Waals surface area contributed by atoms with Gasteiger partial charge in [-0.1, -0.05) is 18.0 Å². The summed E-state index contributed by atoms with van der Waals surface area (Å²) in [5.74, 6) is -0.420. The van der Waals surface area contributed by atoms with Crippen LogP contribution in [-0.2, 0) is 0 Å². The second-order valence-corrected chi connectivity index (χ2v) is 4.42. The molecular formula is C11H14Cl2FNO. The molecule has 1 aliphatic rings. The van der Waals surface area contributed by atoms with E-state index in [1.54, 1.807) is 0 Å². The summed E-state index contributed by atoms with van der Waals surface area (Å²) in [6.07, 6.45) is 3.11. The average Bonchev–Trinajstić information content (AvgIpc) is 2.09. The lowest BCUT2D eigenvalue weighted by Gasteiger charge is -2.32. The fourth-order valence-electron chi connectivity index (χ4n) is 1.91. The highest BCUT2D eigenvalue weighted by Gasteiger charge is 2.29. The van der Waals surface area contributed by atoms with Crippen molar-refractivity contribution in [2.45, 2.75) is 25.3 Å². The molecule has 0 radical (unpaired) electrons. The van der Waals surface area contributed by atoms with Gasteiger partial charge in [-0.15, -0.1) is 12.4 Å². The van der Waals surface area contributed by atoms with E-state index in [0.717, 1.165) is 19.3 Å². The van der Waals surface area contributed by atoms with E-state index in [2.05, 4.69) is 0 Å². The van der Waals surface area contributed by atoms with Crippen LogP contribution in [0.4, 0.5) is 4.39 Å². The first-order valence-corrected chi connectivity index (χ1v) is 5.41. The monoisotopic (exact) mass is 265 g/mol. The Bertz CT molecular complexity index is 382. The van der Waals surface area contributed by atoms with Crippen LogP contribution in [0.3, 0.4) is 0 Å². The van der Waals surface area contributed by atoms with Crippen LogP contribution >= 0.6 is 24.0 Å². The summed E-state index contributed by atoms with van der Waals surface area (Å²) in [6, 6.07) is 2.14. The van der Waals surface area contributed by atoms with Gasteiger partial charge in [-0.3, -0.25) is 0 Å². The summed E-state index contributed by atoms with van der Waals surface area (Å²) in [6.45, 7) is 0. The Labute approximate surface area is 105 Å². The van der Waals surface area contributed by atoms with Crippen molar-refractivity contribution in [3.8, 4) is 5.75 Å². The van der Waals surface area contributed by atoms with Crippen LogP contribution in [0, 0.1) is 11.7 Å². The molecule has 1 aromatic rings. The first kappa shape index (κ1) is 13.6. The van der Waals surface area contributed by atoms with E-state index in [-0.39, 0.29) is 34.7 Å². The molecule has 1 atom stereocenters. The zero-order valence-corrected chi connectivity index (χ0v) is 10.2.